The molecular weight excluding hydrogens is 364 g/mol. The smallest absolute Gasteiger partial charge is 0.409 e. The summed E-state index contributed by atoms with van der Waals surface area (Å²) in [5.41, 5.74) is 4.63. The molecule has 29 heavy (non-hydrogen) atoms. The van der Waals surface area contributed by atoms with E-state index in [0.717, 1.165) is 36.4 Å². The van der Waals surface area contributed by atoms with Crippen LogP contribution in [0.4, 0.5) is 10.7 Å². The van der Waals surface area contributed by atoms with Crippen LogP contribution in [0.15, 0.2) is 48.5 Å². The number of para-hydroxylation sites is 2. The van der Waals surface area contributed by atoms with Gasteiger partial charge in [-0.15, -0.1) is 0 Å². The SMILES string of the molecule is CCOC(=O)N1CCC(Nc2nc3ccccc3n2Cc2cccc(C)c2)CC1. The van der Waals surface area contributed by atoms with Crippen molar-refractivity contribution in [1.29, 1.82) is 0 Å². The monoisotopic (exact) mass is 392 g/mol. The van der Waals surface area contributed by atoms with Gasteiger partial charge in [0.25, 0.3) is 0 Å². The van der Waals surface area contributed by atoms with Crippen molar-refractivity contribution in [1.82, 2.24) is 14.5 Å². The topological polar surface area (TPSA) is 59.4 Å². The molecule has 6 nitrogen and oxygen atoms in total. The fraction of sp³-hybridized carbons (Fsp3) is 0.391. The summed E-state index contributed by atoms with van der Waals surface area (Å²) >= 11 is 0. The van der Waals surface area contributed by atoms with Gasteiger partial charge in [-0.25, -0.2) is 9.78 Å². The highest BCUT2D eigenvalue weighted by molar-refractivity contribution is 5.78. The number of rotatable bonds is 5. The van der Waals surface area contributed by atoms with Crippen molar-refractivity contribution < 1.29 is 9.53 Å². The standard InChI is InChI=1S/C23H28N4O2/c1-3-29-23(28)26-13-11-19(12-14-26)24-22-25-20-9-4-5-10-21(20)27(22)16-18-8-6-7-17(2)15-18/h4-10,15,19H,3,11-14,16H2,1-2H3,(H,24,25). The molecule has 0 atom stereocenters. The van der Waals surface area contributed by atoms with Gasteiger partial charge in [0.05, 0.1) is 24.2 Å². The summed E-state index contributed by atoms with van der Waals surface area (Å²) in [7, 11) is 0. The maximum atomic E-state index is 11.9. The minimum Gasteiger partial charge on any atom is -0.450 e. The number of amides is 1. The van der Waals surface area contributed by atoms with Gasteiger partial charge < -0.3 is 19.5 Å². The molecule has 1 N–H and O–H groups in total. The van der Waals surface area contributed by atoms with Crippen molar-refractivity contribution in [2.24, 2.45) is 0 Å². The van der Waals surface area contributed by atoms with Crippen LogP contribution >= 0.6 is 0 Å². The van der Waals surface area contributed by atoms with Crippen molar-refractivity contribution in [2.45, 2.75) is 39.3 Å². The number of nitrogens with one attached hydrogen (secondary N) is 1. The van der Waals surface area contributed by atoms with E-state index >= 15 is 0 Å². The molecule has 0 radical (unpaired) electrons. The molecule has 6 heteroatoms. The zero-order valence-electron chi connectivity index (χ0n) is 17.1. The van der Waals surface area contributed by atoms with Crippen molar-refractivity contribution in [2.75, 3.05) is 25.0 Å². The van der Waals surface area contributed by atoms with Crippen LogP contribution in [0.25, 0.3) is 11.0 Å². The lowest BCUT2D eigenvalue weighted by atomic mass is 10.1. The van der Waals surface area contributed by atoms with Crippen LogP contribution in [0, 0.1) is 6.92 Å². The van der Waals surface area contributed by atoms with Gasteiger partial charge >= 0.3 is 6.09 Å². The van der Waals surface area contributed by atoms with E-state index in [-0.39, 0.29) is 12.1 Å². The number of carbonyl (C=O) groups is 1. The first kappa shape index (κ1) is 19.3. The molecule has 0 bridgehead atoms. The van der Waals surface area contributed by atoms with Crippen LogP contribution in [0.3, 0.4) is 0 Å². The van der Waals surface area contributed by atoms with Gasteiger partial charge in [0.1, 0.15) is 0 Å². The number of aryl methyl sites for hydroxylation is 1. The number of hydrogen-bond donors (Lipinski definition) is 1. The van der Waals surface area contributed by atoms with Gasteiger partial charge in [-0.3, -0.25) is 0 Å². The first-order chi connectivity index (χ1) is 14.1. The Morgan fingerprint density at radius 1 is 1.17 bits per heavy atom. The number of benzene rings is 2. The largest absolute Gasteiger partial charge is 0.450 e. The average Bonchev–Trinajstić information content (AvgIpc) is 3.06. The molecule has 0 aliphatic carbocycles. The summed E-state index contributed by atoms with van der Waals surface area (Å²) in [6, 6.07) is 17.1. The summed E-state index contributed by atoms with van der Waals surface area (Å²) in [6.45, 7) is 6.55. The molecule has 1 fully saturated rings. The Morgan fingerprint density at radius 2 is 1.97 bits per heavy atom. The van der Waals surface area contributed by atoms with E-state index in [1.54, 1.807) is 4.90 Å². The lowest BCUT2D eigenvalue weighted by Crippen LogP contribution is -2.42. The first-order valence-corrected chi connectivity index (χ1v) is 10.3. The zero-order chi connectivity index (χ0) is 20.2. The van der Waals surface area contributed by atoms with Gasteiger partial charge in [0.2, 0.25) is 5.95 Å². The van der Waals surface area contributed by atoms with E-state index in [0.29, 0.717) is 19.7 Å². The van der Waals surface area contributed by atoms with Crippen LogP contribution in [-0.4, -0.2) is 46.3 Å². The molecule has 152 valence electrons. The Labute approximate surface area is 171 Å². The Kier molecular flexibility index (Phi) is 5.69. The Bertz CT molecular complexity index is 989. The maximum Gasteiger partial charge on any atom is 0.409 e. The third kappa shape index (κ3) is 4.36. The number of hydrogen-bond acceptors (Lipinski definition) is 4. The van der Waals surface area contributed by atoms with Crippen molar-refractivity contribution in [3.63, 3.8) is 0 Å². The molecule has 3 aromatic rings. The van der Waals surface area contributed by atoms with Gasteiger partial charge in [0.15, 0.2) is 0 Å². The van der Waals surface area contributed by atoms with Gasteiger partial charge in [-0.1, -0.05) is 42.0 Å². The molecule has 0 unspecified atom stereocenters. The minimum absolute atomic E-state index is 0.211. The molecule has 0 saturated carbocycles. The van der Waals surface area contributed by atoms with E-state index in [9.17, 15) is 4.79 Å². The number of likely N-dealkylation sites (tertiary alicyclic amines) is 1. The maximum absolute atomic E-state index is 11.9. The molecule has 1 aliphatic heterocycles. The van der Waals surface area contributed by atoms with Crippen LogP contribution in [-0.2, 0) is 11.3 Å². The number of imidazole rings is 1. The predicted molar refractivity (Wildman–Crippen MR) is 115 cm³/mol. The minimum atomic E-state index is -0.211. The zero-order valence-corrected chi connectivity index (χ0v) is 17.1. The molecule has 4 rings (SSSR count). The van der Waals surface area contributed by atoms with Crippen LogP contribution in [0.2, 0.25) is 0 Å². The number of piperidine rings is 1. The summed E-state index contributed by atoms with van der Waals surface area (Å²) in [6.07, 6.45) is 1.55. The second kappa shape index (κ2) is 8.55. The third-order valence-corrected chi connectivity index (χ3v) is 5.43. The van der Waals surface area contributed by atoms with Gasteiger partial charge in [0, 0.05) is 19.1 Å². The second-order valence-electron chi connectivity index (χ2n) is 7.60. The highest BCUT2D eigenvalue weighted by Crippen LogP contribution is 2.24. The van der Waals surface area contributed by atoms with Crippen molar-refractivity contribution in [3.05, 3.63) is 59.7 Å². The molecule has 0 spiro atoms. The van der Waals surface area contributed by atoms with Crippen LogP contribution in [0.5, 0.6) is 0 Å². The summed E-state index contributed by atoms with van der Waals surface area (Å²) in [5, 5.41) is 3.64. The third-order valence-electron chi connectivity index (χ3n) is 5.43. The van der Waals surface area contributed by atoms with Crippen molar-refractivity contribution in [3.8, 4) is 0 Å². The Morgan fingerprint density at radius 3 is 2.72 bits per heavy atom. The summed E-state index contributed by atoms with van der Waals surface area (Å²) in [4.78, 5) is 18.6. The van der Waals surface area contributed by atoms with Gasteiger partial charge in [-0.05, 0) is 44.4 Å². The quantitative estimate of drug-likeness (QED) is 0.698. The Balaban J connectivity index is 1.52. The van der Waals surface area contributed by atoms with E-state index < -0.39 is 0 Å². The van der Waals surface area contributed by atoms with Crippen molar-refractivity contribution >= 4 is 23.1 Å². The summed E-state index contributed by atoms with van der Waals surface area (Å²) in [5.74, 6) is 0.891. The van der Waals surface area contributed by atoms with E-state index in [4.69, 9.17) is 9.72 Å². The number of anilines is 1. The fourth-order valence-electron chi connectivity index (χ4n) is 3.94. The number of fused-ring (bicyclic) bond motifs is 1. The molecule has 1 saturated heterocycles. The normalized spacial score (nSPS) is 14.9. The van der Waals surface area contributed by atoms with Crippen LogP contribution < -0.4 is 5.32 Å². The average molecular weight is 393 g/mol. The highest BCUT2D eigenvalue weighted by atomic mass is 16.6. The van der Waals surface area contributed by atoms with E-state index in [1.165, 1.54) is 11.1 Å². The van der Waals surface area contributed by atoms with E-state index in [1.807, 2.05) is 13.0 Å². The molecular formula is C23H28N4O2. The second-order valence-corrected chi connectivity index (χ2v) is 7.60. The first-order valence-electron chi connectivity index (χ1n) is 10.3. The molecule has 2 heterocycles. The fourth-order valence-corrected chi connectivity index (χ4v) is 3.94. The molecule has 2 aromatic carbocycles. The van der Waals surface area contributed by atoms with E-state index in [2.05, 4.69) is 59.3 Å². The molecule has 1 amide bonds. The summed E-state index contributed by atoms with van der Waals surface area (Å²) < 4.78 is 7.37. The number of nitrogens with zero attached hydrogens (tertiary/aromatic N) is 3. The lowest BCUT2D eigenvalue weighted by molar-refractivity contribution is 0.0983. The Hall–Kier alpha value is -3.02. The molecule has 1 aromatic heterocycles. The predicted octanol–water partition coefficient (Wildman–Crippen LogP) is 4.43. The molecule has 1 aliphatic rings. The van der Waals surface area contributed by atoms with Crippen LogP contribution in [0.1, 0.15) is 30.9 Å². The lowest BCUT2D eigenvalue weighted by Gasteiger charge is -2.32. The number of carbonyl (C=O) groups excluding carboxylic acids is 1. The number of ether oxygens (including phenoxy) is 1. The number of aromatic nitrogens is 2. The highest BCUT2D eigenvalue weighted by Gasteiger charge is 2.24. The van der Waals surface area contributed by atoms with Gasteiger partial charge in [-0.2, -0.15) is 0 Å².